The van der Waals surface area contributed by atoms with Gasteiger partial charge in [-0.2, -0.15) is 23.0 Å². The van der Waals surface area contributed by atoms with Crippen molar-refractivity contribution in [2.45, 2.75) is 31.9 Å². The number of benzene rings is 3. The van der Waals surface area contributed by atoms with Gasteiger partial charge >= 0.3 is 12.1 Å². The molecule has 5 aromatic rings. The number of alkyl halides is 3. The maximum absolute atomic E-state index is 13.2. The average molecular weight is 687 g/mol. The lowest BCUT2D eigenvalue weighted by Gasteiger charge is -2.08. The van der Waals surface area contributed by atoms with Crippen LogP contribution in [0.2, 0.25) is 5.02 Å². The predicted molar refractivity (Wildman–Crippen MR) is 173 cm³/mol. The molecule has 0 saturated heterocycles. The Hall–Kier alpha value is -4.43. The molecule has 0 unspecified atom stereocenters. The van der Waals surface area contributed by atoms with Crippen molar-refractivity contribution in [1.29, 1.82) is 0 Å². The molecule has 254 valence electrons. The third-order valence-electron chi connectivity index (χ3n) is 7.49. The first-order valence-electron chi connectivity index (χ1n) is 15.3. The Kier molecular flexibility index (Phi) is 11.7. The van der Waals surface area contributed by atoms with Crippen LogP contribution in [0.1, 0.15) is 28.7 Å². The fraction of sp³-hybridized carbons (Fsp3) is 0.324. The van der Waals surface area contributed by atoms with Crippen LogP contribution in [0.4, 0.5) is 13.2 Å². The van der Waals surface area contributed by atoms with Gasteiger partial charge in [-0.3, -0.25) is 0 Å². The van der Waals surface area contributed by atoms with E-state index < -0.39 is 17.7 Å². The summed E-state index contributed by atoms with van der Waals surface area (Å²) < 4.78 is 56.8. The Bertz CT molecular complexity index is 1810. The maximum atomic E-state index is 13.2. The predicted octanol–water partition coefficient (Wildman–Crippen LogP) is 6.65. The molecule has 0 atom stereocenters. The number of nitrogens with one attached hydrogen (secondary N) is 1. The molecule has 10 nitrogen and oxygen atoms in total. The summed E-state index contributed by atoms with van der Waals surface area (Å²) in [6, 6.07) is 17.9. The summed E-state index contributed by atoms with van der Waals surface area (Å²) in [4.78, 5) is 18.0. The van der Waals surface area contributed by atoms with E-state index in [-0.39, 0.29) is 25.0 Å². The van der Waals surface area contributed by atoms with Gasteiger partial charge in [-0.05, 0) is 67.1 Å². The van der Waals surface area contributed by atoms with Crippen LogP contribution in [0, 0.1) is 0 Å². The van der Waals surface area contributed by atoms with Gasteiger partial charge in [-0.15, -0.1) is 0 Å². The van der Waals surface area contributed by atoms with E-state index in [0.29, 0.717) is 72.1 Å². The second kappa shape index (κ2) is 16.1. The number of aromatic hydroxyl groups is 1. The van der Waals surface area contributed by atoms with Crippen molar-refractivity contribution < 1.29 is 42.4 Å². The molecular weight excluding hydrogens is 653 g/mol. The van der Waals surface area contributed by atoms with Crippen LogP contribution in [0.5, 0.6) is 5.88 Å². The Morgan fingerprint density at radius 1 is 0.854 bits per heavy atom. The molecule has 0 saturated carbocycles. The van der Waals surface area contributed by atoms with E-state index in [4.69, 9.17) is 30.9 Å². The first-order valence-corrected chi connectivity index (χ1v) is 15.6. The van der Waals surface area contributed by atoms with E-state index in [9.17, 15) is 23.1 Å². The summed E-state index contributed by atoms with van der Waals surface area (Å²) in [6.07, 6.45) is -1.92. The number of carboxylic acids is 1. The number of hydrogen-bond donors (Lipinski definition) is 3. The number of imidazole rings is 1. The molecule has 0 spiro atoms. The van der Waals surface area contributed by atoms with E-state index in [1.165, 1.54) is 16.8 Å². The lowest BCUT2D eigenvalue weighted by atomic mass is 9.99. The number of rotatable bonds is 17. The number of ether oxygens (including phenoxy) is 3. The molecule has 0 fully saturated rings. The molecule has 0 amide bonds. The fourth-order valence-corrected chi connectivity index (χ4v) is 5.22. The lowest BCUT2D eigenvalue weighted by molar-refractivity contribution is -0.142. The molecule has 0 aliphatic carbocycles. The Labute approximate surface area is 279 Å². The summed E-state index contributed by atoms with van der Waals surface area (Å²) >= 11 is 6.11. The normalized spacial score (nSPS) is 11.8. The molecular formula is C34H34ClF3N4O6. The van der Waals surface area contributed by atoms with Gasteiger partial charge in [0.05, 0.1) is 43.0 Å². The highest BCUT2D eigenvalue weighted by Gasteiger charge is 2.30. The number of halogens is 4. The molecule has 5 rings (SSSR count). The van der Waals surface area contributed by atoms with E-state index in [1.807, 2.05) is 24.3 Å². The second-order valence-corrected chi connectivity index (χ2v) is 11.4. The van der Waals surface area contributed by atoms with Gasteiger partial charge in [0, 0.05) is 22.8 Å². The number of carboxylic acid groups (broad SMARTS) is 1. The first kappa shape index (κ1) is 34.9. The van der Waals surface area contributed by atoms with E-state index in [0.717, 1.165) is 36.1 Å². The Morgan fingerprint density at radius 3 is 2.17 bits per heavy atom. The molecule has 0 radical (unpaired) electrons. The van der Waals surface area contributed by atoms with Gasteiger partial charge in [0.1, 0.15) is 12.3 Å². The van der Waals surface area contributed by atoms with Crippen LogP contribution >= 0.6 is 11.6 Å². The van der Waals surface area contributed by atoms with Gasteiger partial charge in [-0.1, -0.05) is 48.0 Å². The zero-order chi connectivity index (χ0) is 34.1. The molecule has 3 aromatic carbocycles. The molecule has 0 aliphatic rings. The summed E-state index contributed by atoms with van der Waals surface area (Å²) in [5.41, 5.74) is 3.90. The number of hydrogen-bond acceptors (Lipinski definition) is 7. The van der Waals surface area contributed by atoms with Crippen molar-refractivity contribution in [1.82, 2.24) is 19.7 Å². The number of aryl methyl sites for hydroxylation is 2. The summed E-state index contributed by atoms with van der Waals surface area (Å²) in [5.74, 6) is -0.936. The van der Waals surface area contributed by atoms with Crippen LogP contribution in [0.3, 0.4) is 0 Å². The number of aliphatic carboxylic acids is 1. The van der Waals surface area contributed by atoms with E-state index >= 15 is 0 Å². The molecule has 14 heteroatoms. The highest BCUT2D eigenvalue weighted by Crippen LogP contribution is 2.35. The number of aromatic nitrogens is 4. The summed E-state index contributed by atoms with van der Waals surface area (Å²) in [6.45, 7) is 1.57. The van der Waals surface area contributed by atoms with Crippen LogP contribution < -0.4 is 0 Å². The van der Waals surface area contributed by atoms with Crippen molar-refractivity contribution in [3.63, 3.8) is 0 Å². The maximum Gasteiger partial charge on any atom is 0.416 e. The van der Waals surface area contributed by atoms with Gasteiger partial charge < -0.3 is 29.4 Å². The zero-order valence-corrected chi connectivity index (χ0v) is 26.6. The molecule has 48 heavy (non-hydrogen) atoms. The van der Waals surface area contributed by atoms with Crippen molar-refractivity contribution in [3.8, 4) is 23.1 Å². The highest BCUT2D eigenvalue weighted by atomic mass is 35.5. The Morgan fingerprint density at radius 2 is 1.50 bits per heavy atom. The smallest absolute Gasteiger partial charge is 0.416 e. The minimum atomic E-state index is -4.48. The quantitative estimate of drug-likeness (QED) is 0.0928. The van der Waals surface area contributed by atoms with Crippen LogP contribution in [-0.4, -0.2) is 75.6 Å². The van der Waals surface area contributed by atoms with E-state index in [2.05, 4.69) is 15.1 Å². The fourth-order valence-electron chi connectivity index (χ4n) is 5.05. The molecule has 2 heterocycles. The zero-order valence-electron chi connectivity index (χ0n) is 25.8. The highest BCUT2D eigenvalue weighted by molar-refractivity contribution is 6.31. The molecule has 0 bridgehead atoms. The van der Waals surface area contributed by atoms with Gasteiger partial charge in [0.25, 0.3) is 0 Å². The number of carbonyl (C=O) groups is 1. The Balaban J connectivity index is 1.20. The lowest BCUT2D eigenvalue weighted by Crippen LogP contribution is -2.13. The van der Waals surface area contributed by atoms with E-state index in [1.54, 1.807) is 18.2 Å². The minimum Gasteiger partial charge on any atom is -0.493 e. The van der Waals surface area contributed by atoms with Crippen LogP contribution in [0.25, 0.3) is 28.2 Å². The third kappa shape index (κ3) is 9.34. The second-order valence-electron chi connectivity index (χ2n) is 11.0. The van der Waals surface area contributed by atoms with Crippen molar-refractivity contribution >= 4 is 28.6 Å². The van der Waals surface area contributed by atoms with Crippen LogP contribution in [-0.2, 0) is 44.4 Å². The summed E-state index contributed by atoms with van der Waals surface area (Å²) in [7, 11) is 0. The molecule has 0 aliphatic heterocycles. The van der Waals surface area contributed by atoms with Crippen molar-refractivity contribution in [2.24, 2.45) is 0 Å². The van der Waals surface area contributed by atoms with Crippen molar-refractivity contribution in [3.05, 3.63) is 94.0 Å². The van der Waals surface area contributed by atoms with Gasteiger partial charge in [-0.25, -0.2) is 9.78 Å². The number of fused-ring (bicyclic) bond motifs is 1. The minimum absolute atomic E-state index is 0.163. The largest absolute Gasteiger partial charge is 0.493 e. The topological polar surface area (TPSA) is 132 Å². The monoisotopic (exact) mass is 686 g/mol. The third-order valence-corrected chi connectivity index (χ3v) is 7.72. The van der Waals surface area contributed by atoms with Gasteiger partial charge in [0.2, 0.25) is 11.8 Å². The van der Waals surface area contributed by atoms with Gasteiger partial charge in [0.15, 0.2) is 0 Å². The molecule has 2 aromatic heterocycles. The average Bonchev–Trinajstić information content (AvgIpc) is 3.62. The van der Waals surface area contributed by atoms with Crippen molar-refractivity contribution in [2.75, 3.05) is 39.6 Å². The van der Waals surface area contributed by atoms with Crippen LogP contribution in [0.15, 0.2) is 66.7 Å². The number of H-pyrrole nitrogens is 1. The molecule has 3 N–H and O–H groups in total. The number of aromatic amines is 1. The SMILES string of the molecule is O=C(O)COCCOCCOCCCc1ccc(CCc2c(-c3ccc(C(F)(F)F)cc3)nn(-c3nc4cc(Cl)ccc4[nH]3)c2O)cc1. The standard InChI is InChI=1S/C34H34ClF3N4O6/c35-26-12-14-28-29(20-26)40-33(39-28)42-32(45)27(31(41-42)24-8-10-25(11-9-24)34(36,37)38)13-7-23-5-3-22(4-6-23)2-1-15-46-16-17-47-18-19-48-21-30(43)44/h3-6,8-12,14,20,45H,1-2,7,13,15-19,21H2,(H,39,40)(H,43,44). The first-order chi connectivity index (χ1) is 23.1. The number of nitrogens with zero attached hydrogens (tertiary/aromatic N) is 3. The summed E-state index contributed by atoms with van der Waals surface area (Å²) in [5, 5.41) is 24.9.